The highest BCUT2D eigenvalue weighted by atomic mass is 79.9. The van der Waals surface area contributed by atoms with E-state index in [0.29, 0.717) is 28.5 Å². The van der Waals surface area contributed by atoms with E-state index < -0.39 is 5.97 Å². The summed E-state index contributed by atoms with van der Waals surface area (Å²) in [6.45, 7) is 0. The summed E-state index contributed by atoms with van der Waals surface area (Å²) in [5.41, 5.74) is 3.74. The number of carbonyl (C=O) groups excluding carboxylic acids is 1. The van der Waals surface area contributed by atoms with Crippen molar-refractivity contribution in [1.82, 2.24) is 4.98 Å². The van der Waals surface area contributed by atoms with Crippen LogP contribution in [0.25, 0.3) is 34.0 Å². The molecular formula is C28H18BrNO3. The lowest BCUT2D eigenvalue weighted by Crippen LogP contribution is -2.08. The van der Waals surface area contributed by atoms with Crippen LogP contribution < -0.4 is 4.74 Å². The summed E-state index contributed by atoms with van der Waals surface area (Å²) >= 11 is 3.38. The monoisotopic (exact) mass is 495 g/mol. The van der Waals surface area contributed by atoms with Gasteiger partial charge in [0.1, 0.15) is 11.4 Å². The van der Waals surface area contributed by atoms with Crippen molar-refractivity contribution in [1.29, 1.82) is 0 Å². The van der Waals surface area contributed by atoms with Gasteiger partial charge >= 0.3 is 5.97 Å². The fourth-order valence-corrected chi connectivity index (χ4v) is 3.73. The van der Waals surface area contributed by atoms with E-state index in [1.54, 1.807) is 30.3 Å². The maximum Gasteiger partial charge on any atom is 0.343 e. The predicted octanol–water partition coefficient (Wildman–Crippen LogP) is 7.66. The zero-order valence-corrected chi connectivity index (χ0v) is 19.0. The normalized spacial score (nSPS) is 10.7. The minimum Gasteiger partial charge on any atom is -0.435 e. The second kappa shape index (κ2) is 9.27. The summed E-state index contributed by atoms with van der Waals surface area (Å²) in [5.74, 6) is 1.14. The van der Waals surface area contributed by atoms with Gasteiger partial charge in [-0.05, 0) is 42.5 Å². The summed E-state index contributed by atoms with van der Waals surface area (Å²) < 4.78 is 12.7. The van der Waals surface area contributed by atoms with Crippen molar-refractivity contribution < 1.29 is 13.9 Å². The van der Waals surface area contributed by atoms with Crippen LogP contribution in [0.2, 0.25) is 0 Å². The molecule has 4 nitrogen and oxygen atoms in total. The van der Waals surface area contributed by atoms with Crippen molar-refractivity contribution in [3.05, 3.63) is 119 Å². The van der Waals surface area contributed by atoms with E-state index in [1.807, 2.05) is 78.9 Å². The molecule has 1 aromatic heterocycles. The number of benzene rings is 4. The first-order valence-electron chi connectivity index (χ1n) is 10.4. The highest BCUT2D eigenvalue weighted by molar-refractivity contribution is 9.10. The number of ether oxygens (including phenoxy) is 1. The van der Waals surface area contributed by atoms with Crippen LogP contribution in [0.15, 0.2) is 118 Å². The summed E-state index contributed by atoms with van der Waals surface area (Å²) in [4.78, 5) is 17.5. The van der Waals surface area contributed by atoms with Crippen LogP contribution in [-0.2, 0) is 0 Å². The van der Waals surface area contributed by atoms with Gasteiger partial charge in [-0.1, -0.05) is 82.7 Å². The average molecular weight is 496 g/mol. The molecule has 0 bridgehead atoms. The lowest BCUT2D eigenvalue weighted by molar-refractivity contribution is 0.0735. The fourth-order valence-electron chi connectivity index (χ4n) is 3.47. The average Bonchev–Trinajstić information content (AvgIpc) is 3.32. The Kier molecular flexibility index (Phi) is 5.87. The summed E-state index contributed by atoms with van der Waals surface area (Å²) in [6, 6.07) is 34.0. The Balaban J connectivity index is 1.51. The van der Waals surface area contributed by atoms with Gasteiger partial charge in [0.05, 0.1) is 5.56 Å². The molecule has 0 saturated heterocycles. The third-order valence-electron chi connectivity index (χ3n) is 5.08. The molecule has 5 rings (SSSR count). The largest absolute Gasteiger partial charge is 0.435 e. The van der Waals surface area contributed by atoms with Crippen LogP contribution in [0.3, 0.4) is 0 Å². The number of carbonyl (C=O) groups is 1. The number of hydrogen-bond donors (Lipinski definition) is 0. The zero-order valence-electron chi connectivity index (χ0n) is 17.4. The van der Waals surface area contributed by atoms with Gasteiger partial charge in [-0.3, -0.25) is 0 Å². The smallest absolute Gasteiger partial charge is 0.343 e. The van der Waals surface area contributed by atoms with Crippen LogP contribution in [0.4, 0.5) is 0 Å². The van der Waals surface area contributed by atoms with Crippen molar-refractivity contribution in [3.8, 4) is 39.8 Å². The third-order valence-corrected chi connectivity index (χ3v) is 5.61. The van der Waals surface area contributed by atoms with Gasteiger partial charge in [-0.25, -0.2) is 9.78 Å². The van der Waals surface area contributed by atoms with Crippen LogP contribution in [0, 0.1) is 0 Å². The van der Waals surface area contributed by atoms with E-state index in [0.717, 1.165) is 21.3 Å². The maximum atomic E-state index is 12.7. The zero-order chi connectivity index (χ0) is 22.6. The van der Waals surface area contributed by atoms with Crippen molar-refractivity contribution in [3.63, 3.8) is 0 Å². The van der Waals surface area contributed by atoms with Gasteiger partial charge in [-0.15, -0.1) is 0 Å². The molecule has 4 aromatic carbocycles. The highest BCUT2D eigenvalue weighted by Gasteiger charge is 2.19. The molecule has 0 aliphatic heterocycles. The first-order valence-corrected chi connectivity index (χ1v) is 11.2. The second-order valence-electron chi connectivity index (χ2n) is 7.35. The molecule has 0 radical (unpaired) electrons. The number of halogens is 1. The molecular weight excluding hydrogens is 478 g/mol. The van der Waals surface area contributed by atoms with Crippen molar-refractivity contribution >= 4 is 21.9 Å². The number of oxazole rings is 1. The van der Waals surface area contributed by atoms with E-state index >= 15 is 0 Å². The topological polar surface area (TPSA) is 52.3 Å². The van der Waals surface area contributed by atoms with Crippen LogP contribution in [0.5, 0.6) is 5.75 Å². The highest BCUT2D eigenvalue weighted by Crippen LogP contribution is 2.36. The van der Waals surface area contributed by atoms with E-state index in [2.05, 4.69) is 15.9 Å². The first-order chi connectivity index (χ1) is 16.2. The fraction of sp³-hybridized carbons (Fsp3) is 0. The van der Waals surface area contributed by atoms with Crippen molar-refractivity contribution in [2.45, 2.75) is 0 Å². The van der Waals surface area contributed by atoms with E-state index in [9.17, 15) is 4.79 Å². The van der Waals surface area contributed by atoms with Crippen LogP contribution in [-0.4, -0.2) is 11.0 Å². The molecule has 0 fully saturated rings. The minimum atomic E-state index is -0.447. The molecule has 1 heterocycles. The molecule has 0 amide bonds. The summed E-state index contributed by atoms with van der Waals surface area (Å²) in [6.07, 6.45) is 0. The van der Waals surface area contributed by atoms with Gasteiger partial charge in [0.15, 0.2) is 5.76 Å². The number of aromatic nitrogens is 1. The molecule has 0 aliphatic rings. The number of hydrogen-bond acceptors (Lipinski definition) is 4. The van der Waals surface area contributed by atoms with Gasteiger partial charge in [-0.2, -0.15) is 0 Å². The molecule has 0 aliphatic carbocycles. The number of rotatable bonds is 5. The molecule has 160 valence electrons. The first kappa shape index (κ1) is 20.9. The molecule has 0 unspecified atom stereocenters. The van der Waals surface area contributed by atoms with Crippen LogP contribution >= 0.6 is 15.9 Å². The molecule has 0 atom stereocenters. The summed E-state index contributed by atoms with van der Waals surface area (Å²) in [5, 5.41) is 0. The number of nitrogens with zero attached hydrogens (tertiary/aromatic N) is 1. The van der Waals surface area contributed by atoms with Gasteiger partial charge in [0, 0.05) is 21.2 Å². The van der Waals surface area contributed by atoms with E-state index in [4.69, 9.17) is 14.1 Å². The van der Waals surface area contributed by atoms with Gasteiger partial charge < -0.3 is 9.15 Å². The Morgan fingerprint density at radius 2 is 1.36 bits per heavy atom. The Morgan fingerprint density at radius 1 is 0.727 bits per heavy atom. The van der Waals surface area contributed by atoms with E-state index in [1.165, 1.54) is 0 Å². The lowest BCUT2D eigenvalue weighted by Gasteiger charge is -2.05. The quantitative estimate of drug-likeness (QED) is 0.185. The Hall–Kier alpha value is -3.96. The molecule has 5 aromatic rings. The lowest BCUT2D eigenvalue weighted by atomic mass is 10.1. The third kappa shape index (κ3) is 4.64. The molecule has 5 heteroatoms. The Bertz CT molecular complexity index is 1340. The Labute approximate surface area is 199 Å². The molecule has 0 saturated carbocycles. The second-order valence-corrected chi connectivity index (χ2v) is 8.27. The maximum absolute atomic E-state index is 12.7. The predicted molar refractivity (Wildman–Crippen MR) is 132 cm³/mol. The van der Waals surface area contributed by atoms with Crippen molar-refractivity contribution in [2.75, 3.05) is 0 Å². The minimum absolute atomic E-state index is 0.413. The summed E-state index contributed by atoms with van der Waals surface area (Å²) in [7, 11) is 0. The molecule has 0 spiro atoms. The SMILES string of the molecule is O=C(Oc1ccc(Br)cc1)c1cccc(-c2nc(-c3ccccc3)c(-c3ccccc3)o2)c1. The standard InChI is InChI=1S/C28H18BrNO3/c29-23-14-16-24(17-15-23)32-28(31)22-13-7-12-21(18-22)27-30-25(19-8-3-1-4-9-19)26(33-27)20-10-5-2-6-11-20/h1-18H. The van der Waals surface area contributed by atoms with Gasteiger partial charge in [0.2, 0.25) is 5.89 Å². The van der Waals surface area contributed by atoms with Crippen LogP contribution in [0.1, 0.15) is 10.4 Å². The van der Waals surface area contributed by atoms with Crippen molar-refractivity contribution in [2.24, 2.45) is 0 Å². The van der Waals surface area contributed by atoms with Gasteiger partial charge in [0.25, 0.3) is 0 Å². The molecule has 0 N–H and O–H groups in total. The van der Waals surface area contributed by atoms with E-state index in [-0.39, 0.29) is 0 Å². The Morgan fingerprint density at radius 3 is 2.06 bits per heavy atom. The number of esters is 1. The molecule has 33 heavy (non-hydrogen) atoms.